The van der Waals surface area contributed by atoms with E-state index in [-0.39, 0.29) is 6.10 Å². The molecule has 0 spiro atoms. The summed E-state index contributed by atoms with van der Waals surface area (Å²) in [6.07, 6.45) is 0.630. The third-order valence-corrected chi connectivity index (χ3v) is 3.83. The van der Waals surface area contributed by atoms with Gasteiger partial charge in [-0.25, -0.2) is 0 Å². The molecular weight excluding hydrogens is 304 g/mol. The van der Waals surface area contributed by atoms with Crippen molar-refractivity contribution in [1.82, 2.24) is 0 Å². The number of hydrogen-bond donors (Lipinski definition) is 1. The quantitative estimate of drug-likeness (QED) is 0.849. The molecule has 2 aromatic rings. The van der Waals surface area contributed by atoms with Crippen LogP contribution in [-0.2, 0) is 27.4 Å². The molecule has 1 aliphatic rings. The summed E-state index contributed by atoms with van der Waals surface area (Å²) in [5.74, 6) is 0.651. The summed E-state index contributed by atoms with van der Waals surface area (Å²) in [4.78, 5) is 0. The maximum atomic E-state index is 10.2. The molecule has 1 N–H and O–H groups in total. The zero-order chi connectivity index (χ0) is 16.6. The van der Waals surface area contributed by atoms with Gasteiger partial charge in [0.05, 0.1) is 13.2 Å². The van der Waals surface area contributed by atoms with Gasteiger partial charge in [0.1, 0.15) is 31.2 Å². The average molecular weight is 326 g/mol. The van der Waals surface area contributed by atoms with Crippen LogP contribution in [0.1, 0.15) is 11.1 Å². The number of aliphatic hydroxyl groups is 1. The molecule has 2 aromatic carbocycles. The van der Waals surface area contributed by atoms with Gasteiger partial charge >= 0.3 is 0 Å². The highest BCUT2D eigenvalue weighted by Gasteiger charge is 2.25. The van der Waals surface area contributed by atoms with Crippen LogP contribution < -0.4 is 0 Å². The van der Waals surface area contributed by atoms with E-state index >= 15 is 0 Å². The Hall–Kier alpha value is -2.14. The topological polar surface area (TPSA) is 47.9 Å². The molecule has 0 radical (unpaired) electrons. The minimum absolute atomic E-state index is 0.328. The van der Waals surface area contributed by atoms with Crippen molar-refractivity contribution in [3.63, 3.8) is 0 Å². The molecule has 0 amide bonds. The Morgan fingerprint density at radius 3 is 2.12 bits per heavy atom. The SMILES string of the molecule is O[C@H]1C=C(COCc2ccccc2)OC[C@@H]1OCc1ccccc1. The normalized spacial score (nSPS) is 20.3. The van der Waals surface area contributed by atoms with Gasteiger partial charge < -0.3 is 19.3 Å². The summed E-state index contributed by atoms with van der Waals surface area (Å²) in [6.45, 7) is 1.65. The van der Waals surface area contributed by atoms with Crippen LogP contribution in [0.3, 0.4) is 0 Å². The third-order valence-electron chi connectivity index (χ3n) is 3.83. The van der Waals surface area contributed by atoms with Crippen molar-refractivity contribution < 1.29 is 19.3 Å². The first-order valence-corrected chi connectivity index (χ1v) is 8.10. The third kappa shape index (κ3) is 4.93. The molecule has 24 heavy (non-hydrogen) atoms. The highest BCUT2D eigenvalue weighted by Crippen LogP contribution is 2.17. The fourth-order valence-electron chi connectivity index (χ4n) is 2.49. The minimum Gasteiger partial charge on any atom is -0.493 e. The van der Waals surface area contributed by atoms with E-state index in [2.05, 4.69) is 0 Å². The van der Waals surface area contributed by atoms with Gasteiger partial charge in [-0.3, -0.25) is 0 Å². The first kappa shape index (κ1) is 16.7. The van der Waals surface area contributed by atoms with E-state index in [4.69, 9.17) is 14.2 Å². The van der Waals surface area contributed by atoms with Crippen molar-refractivity contribution in [3.8, 4) is 0 Å². The predicted molar refractivity (Wildman–Crippen MR) is 91.2 cm³/mol. The van der Waals surface area contributed by atoms with Crippen LogP contribution in [-0.4, -0.2) is 30.5 Å². The van der Waals surface area contributed by atoms with Crippen molar-refractivity contribution in [2.24, 2.45) is 0 Å². The molecule has 0 saturated heterocycles. The van der Waals surface area contributed by atoms with E-state index in [1.165, 1.54) is 0 Å². The number of benzene rings is 2. The largest absolute Gasteiger partial charge is 0.493 e. The van der Waals surface area contributed by atoms with Crippen molar-refractivity contribution in [3.05, 3.63) is 83.6 Å². The van der Waals surface area contributed by atoms with Crippen LogP contribution in [0.25, 0.3) is 0 Å². The molecule has 0 aliphatic carbocycles. The molecule has 2 atom stereocenters. The van der Waals surface area contributed by atoms with Crippen molar-refractivity contribution in [2.45, 2.75) is 25.4 Å². The highest BCUT2D eigenvalue weighted by molar-refractivity contribution is 5.14. The minimum atomic E-state index is -0.683. The van der Waals surface area contributed by atoms with E-state index < -0.39 is 6.10 Å². The van der Waals surface area contributed by atoms with Crippen LogP contribution in [0.4, 0.5) is 0 Å². The molecule has 126 valence electrons. The van der Waals surface area contributed by atoms with E-state index in [1.54, 1.807) is 6.08 Å². The Morgan fingerprint density at radius 2 is 1.50 bits per heavy atom. The van der Waals surface area contributed by atoms with Crippen LogP contribution in [0.2, 0.25) is 0 Å². The Bertz CT molecular complexity index is 639. The number of ether oxygens (including phenoxy) is 3. The molecule has 3 rings (SSSR count). The van der Waals surface area contributed by atoms with Crippen LogP contribution >= 0.6 is 0 Å². The van der Waals surface area contributed by atoms with Gasteiger partial charge in [-0.05, 0) is 17.2 Å². The molecule has 0 unspecified atom stereocenters. The molecule has 1 heterocycles. The first-order valence-electron chi connectivity index (χ1n) is 8.10. The smallest absolute Gasteiger partial charge is 0.121 e. The van der Waals surface area contributed by atoms with Crippen molar-refractivity contribution in [2.75, 3.05) is 13.2 Å². The van der Waals surface area contributed by atoms with Crippen LogP contribution in [0.15, 0.2) is 72.5 Å². The van der Waals surface area contributed by atoms with E-state index in [9.17, 15) is 5.11 Å². The van der Waals surface area contributed by atoms with Gasteiger partial charge in [-0.1, -0.05) is 60.7 Å². The second-order valence-electron chi connectivity index (χ2n) is 5.75. The van der Waals surface area contributed by atoms with E-state index in [0.29, 0.717) is 32.2 Å². The Balaban J connectivity index is 1.43. The number of rotatable bonds is 7. The second-order valence-corrected chi connectivity index (χ2v) is 5.75. The van der Waals surface area contributed by atoms with Gasteiger partial charge in [0, 0.05) is 0 Å². The van der Waals surface area contributed by atoms with Crippen molar-refractivity contribution in [1.29, 1.82) is 0 Å². The molecule has 0 aromatic heterocycles. The summed E-state index contributed by atoms with van der Waals surface area (Å²) in [5.41, 5.74) is 2.18. The fraction of sp³-hybridized carbons (Fsp3) is 0.300. The summed E-state index contributed by atoms with van der Waals surface area (Å²) in [6, 6.07) is 19.8. The molecular formula is C20H22O4. The Labute approximate surface area is 142 Å². The summed E-state index contributed by atoms with van der Waals surface area (Å²) < 4.78 is 17.0. The predicted octanol–water partition coefficient (Wildman–Crippen LogP) is 3.06. The number of aliphatic hydroxyl groups excluding tert-OH is 1. The summed E-state index contributed by atoms with van der Waals surface area (Å²) in [7, 11) is 0. The fourth-order valence-corrected chi connectivity index (χ4v) is 2.49. The molecule has 0 bridgehead atoms. The Morgan fingerprint density at radius 1 is 0.875 bits per heavy atom. The molecule has 4 nitrogen and oxygen atoms in total. The lowest BCUT2D eigenvalue weighted by Crippen LogP contribution is -2.36. The monoisotopic (exact) mass is 326 g/mol. The molecule has 4 heteroatoms. The van der Waals surface area contributed by atoms with Gasteiger partial charge in [0.2, 0.25) is 0 Å². The maximum absolute atomic E-state index is 10.2. The standard InChI is InChI=1S/C20H22O4/c21-19-11-18(14-22-12-16-7-3-1-4-8-16)23-15-20(19)24-13-17-9-5-2-6-10-17/h1-11,19-21H,12-15H2/t19-,20-/m0/s1. The summed E-state index contributed by atoms with van der Waals surface area (Å²) in [5, 5.41) is 10.2. The van der Waals surface area contributed by atoms with Crippen molar-refractivity contribution >= 4 is 0 Å². The van der Waals surface area contributed by atoms with Gasteiger partial charge in [-0.2, -0.15) is 0 Å². The van der Waals surface area contributed by atoms with Crippen LogP contribution in [0.5, 0.6) is 0 Å². The molecule has 1 aliphatic heterocycles. The maximum Gasteiger partial charge on any atom is 0.121 e. The van der Waals surface area contributed by atoms with E-state index in [0.717, 1.165) is 11.1 Å². The van der Waals surface area contributed by atoms with Crippen LogP contribution in [0, 0.1) is 0 Å². The second kappa shape index (κ2) is 8.64. The van der Waals surface area contributed by atoms with Gasteiger partial charge in [0.25, 0.3) is 0 Å². The number of hydrogen-bond acceptors (Lipinski definition) is 4. The average Bonchev–Trinajstić information content (AvgIpc) is 2.63. The highest BCUT2D eigenvalue weighted by atomic mass is 16.6. The summed E-state index contributed by atoms with van der Waals surface area (Å²) >= 11 is 0. The Kier molecular flexibility index (Phi) is 6.01. The first-order chi connectivity index (χ1) is 11.8. The zero-order valence-electron chi connectivity index (χ0n) is 13.5. The zero-order valence-corrected chi connectivity index (χ0v) is 13.5. The van der Waals surface area contributed by atoms with E-state index in [1.807, 2.05) is 60.7 Å². The molecule has 0 saturated carbocycles. The lowest BCUT2D eigenvalue weighted by atomic mass is 10.1. The lowest BCUT2D eigenvalue weighted by molar-refractivity contribution is -0.0793. The van der Waals surface area contributed by atoms with Gasteiger partial charge in [0.15, 0.2) is 0 Å². The molecule has 0 fully saturated rings. The van der Waals surface area contributed by atoms with Gasteiger partial charge in [-0.15, -0.1) is 0 Å². The lowest BCUT2D eigenvalue weighted by Gasteiger charge is -2.27.